The minimum absolute atomic E-state index is 0.330. The normalized spacial score (nSPS) is 22.2. The number of sulfonamides is 1. The van der Waals surface area contributed by atoms with E-state index in [2.05, 4.69) is 4.72 Å². The van der Waals surface area contributed by atoms with E-state index >= 15 is 0 Å². The molecule has 4 nitrogen and oxygen atoms in total. The standard InChI is InChI=1S/C10H18N2O2S/c1-3-9(8-11)15(13,14)12-10(2)6-4-5-7-10/h9,12H,3-7H2,1-2H3. The lowest BCUT2D eigenvalue weighted by atomic mass is 10.0. The zero-order chi connectivity index (χ0) is 11.5. The van der Waals surface area contributed by atoms with Gasteiger partial charge in [-0.05, 0) is 26.2 Å². The Morgan fingerprint density at radius 1 is 1.47 bits per heavy atom. The number of hydrogen-bond acceptors (Lipinski definition) is 3. The van der Waals surface area contributed by atoms with Gasteiger partial charge in [0, 0.05) is 5.54 Å². The Balaban J connectivity index is 2.76. The molecule has 0 heterocycles. The molecule has 1 rings (SSSR count). The molecule has 1 aliphatic rings. The number of hydrogen-bond donors (Lipinski definition) is 1. The SMILES string of the molecule is CCC(C#N)S(=O)(=O)NC1(C)CCCC1. The van der Waals surface area contributed by atoms with Crippen LogP contribution in [0.1, 0.15) is 46.0 Å². The first-order chi connectivity index (χ1) is 6.93. The van der Waals surface area contributed by atoms with E-state index in [0.29, 0.717) is 6.42 Å². The van der Waals surface area contributed by atoms with Crippen LogP contribution in [0.3, 0.4) is 0 Å². The summed E-state index contributed by atoms with van der Waals surface area (Å²) in [5.41, 5.74) is -0.330. The van der Waals surface area contributed by atoms with Gasteiger partial charge in [-0.3, -0.25) is 0 Å². The smallest absolute Gasteiger partial charge is 0.211 e. The van der Waals surface area contributed by atoms with Gasteiger partial charge < -0.3 is 0 Å². The lowest BCUT2D eigenvalue weighted by molar-refractivity contribution is 0.425. The van der Waals surface area contributed by atoms with Gasteiger partial charge in [-0.15, -0.1) is 0 Å². The number of nitrogens with zero attached hydrogens (tertiary/aromatic N) is 1. The average Bonchev–Trinajstić information content (AvgIpc) is 2.52. The lowest BCUT2D eigenvalue weighted by Gasteiger charge is -2.26. The second-order valence-electron chi connectivity index (χ2n) is 4.44. The van der Waals surface area contributed by atoms with E-state index in [1.165, 1.54) is 0 Å². The third-order valence-corrected chi connectivity index (χ3v) is 4.95. The monoisotopic (exact) mass is 230 g/mol. The molecule has 0 aromatic carbocycles. The summed E-state index contributed by atoms with van der Waals surface area (Å²) in [4.78, 5) is 0. The van der Waals surface area contributed by atoms with Crippen molar-refractivity contribution in [1.82, 2.24) is 4.72 Å². The first-order valence-electron chi connectivity index (χ1n) is 5.36. The fourth-order valence-corrected chi connectivity index (χ4v) is 3.66. The summed E-state index contributed by atoms with van der Waals surface area (Å²) < 4.78 is 26.3. The molecule has 1 unspecified atom stereocenters. The van der Waals surface area contributed by atoms with Crippen LogP contribution in [0.15, 0.2) is 0 Å². The Bertz CT molecular complexity index is 350. The summed E-state index contributed by atoms with van der Waals surface area (Å²) >= 11 is 0. The topological polar surface area (TPSA) is 70.0 Å². The second kappa shape index (κ2) is 4.50. The van der Waals surface area contributed by atoms with E-state index in [9.17, 15) is 8.42 Å². The zero-order valence-electron chi connectivity index (χ0n) is 9.28. The van der Waals surface area contributed by atoms with Crippen molar-refractivity contribution in [2.45, 2.75) is 56.7 Å². The Labute approximate surface area is 91.7 Å². The summed E-state index contributed by atoms with van der Waals surface area (Å²) in [6.45, 7) is 3.63. The quantitative estimate of drug-likeness (QED) is 0.796. The molecule has 0 aromatic rings. The zero-order valence-corrected chi connectivity index (χ0v) is 10.1. The minimum Gasteiger partial charge on any atom is -0.211 e. The van der Waals surface area contributed by atoms with Crippen LogP contribution in [-0.2, 0) is 10.0 Å². The van der Waals surface area contributed by atoms with E-state index < -0.39 is 15.3 Å². The molecule has 1 N–H and O–H groups in total. The van der Waals surface area contributed by atoms with Gasteiger partial charge in [0.2, 0.25) is 10.0 Å². The van der Waals surface area contributed by atoms with Crippen LogP contribution in [0.2, 0.25) is 0 Å². The molecule has 0 aromatic heterocycles. The van der Waals surface area contributed by atoms with Crippen molar-refractivity contribution in [2.75, 3.05) is 0 Å². The van der Waals surface area contributed by atoms with Gasteiger partial charge in [-0.1, -0.05) is 19.8 Å². The molecular weight excluding hydrogens is 212 g/mol. The lowest BCUT2D eigenvalue weighted by Crippen LogP contribution is -2.47. The summed E-state index contributed by atoms with van der Waals surface area (Å²) in [5.74, 6) is 0. The predicted octanol–water partition coefficient (Wildman–Crippen LogP) is 1.54. The highest BCUT2D eigenvalue weighted by Crippen LogP contribution is 2.30. The van der Waals surface area contributed by atoms with Crippen molar-refractivity contribution in [1.29, 1.82) is 5.26 Å². The van der Waals surface area contributed by atoms with Crippen LogP contribution in [0.25, 0.3) is 0 Å². The molecule has 0 amide bonds. The fourth-order valence-electron chi connectivity index (χ4n) is 2.05. The molecule has 1 fully saturated rings. The van der Waals surface area contributed by atoms with E-state index in [4.69, 9.17) is 5.26 Å². The van der Waals surface area contributed by atoms with Gasteiger partial charge in [0.15, 0.2) is 5.25 Å². The average molecular weight is 230 g/mol. The molecule has 0 bridgehead atoms. The molecule has 1 aliphatic carbocycles. The molecular formula is C10H18N2O2S. The predicted molar refractivity (Wildman–Crippen MR) is 58.6 cm³/mol. The van der Waals surface area contributed by atoms with Crippen molar-refractivity contribution in [2.24, 2.45) is 0 Å². The summed E-state index contributed by atoms with van der Waals surface area (Å²) in [6.07, 6.45) is 4.19. The molecule has 1 atom stereocenters. The number of nitriles is 1. The molecule has 0 radical (unpaired) electrons. The number of rotatable bonds is 4. The van der Waals surface area contributed by atoms with E-state index in [0.717, 1.165) is 25.7 Å². The first-order valence-corrected chi connectivity index (χ1v) is 6.90. The highest BCUT2D eigenvalue weighted by Gasteiger charge is 2.35. The molecule has 5 heteroatoms. The Hall–Kier alpha value is -0.600. The van der Waals surface area contributed by atoms with Crippen LogP contribution in [0.4, 0.5) is 0 Å². The fraction of sp³-hybridized carbons (Fsp3) is 0.900. The van der Waals surface area contributed by atoms with Crippen LogP contribution in [0.5, 0.6) is 0 Å². The summed E-state index contributed by atoms with van der Waals surface area (Å²) in [7, 11) is -3.48. The van der Waals surface area contributed by atoms with Gasteiger partial charge in [0.1, 0.15) is 0 Å². The van der Waals surface area contributed by atoms with Crippen molar-refractivity contribution in [3.05, 3.63) is 0 Å². The Morgan fingerprint density at radius 2 is 2.00 bits per heavy atom. The van der Waals surface area contributed by atoms with Gasteiger partial charge in [0.25, 0.3) is 0 Å². The van der Waals surface area contributed by atoms with Crippen molar-refractivity contribution in [3.8, 4) is 6.07 Å². The summed E-state index contributed by atoms with van der Waals surface area (Å²) in [5, 5.41) is 7.83. The Morgan fingerprint density at radius 3 is 2.40 bits per heavy atom. The van der Waals surface area contributed by atoms with Crippen molar-refractivity contribution < 1.29 is 8.42 Å². The third kappa shape index (κ3) is 2.93. The molecule has 0 spiro atoms. The molecule has 0 aliphatic heterocycles. The molecule has 86 valence electrons. The van der Waals surface area contributed by atoms with Gasteiger partial charge >= 0.3 is 0 Å². The molecule has 15 heavy (non-hydrogen) atoms. The van der Waals surface area contributed by atoms with Crippen molar-refractivity contribution >= 4 is 10.0 Å². The van der Waals surface area contributed by atoms with Crippen LogP contribution < -0.4 is 4.72 Å². The minimum atomic E-state index is -3.48. The van der Waals surface area contributed by atoms with Crippen LogP contribution >= 0.6 is 0 Å². The first kappa shape index (κ1) is 12.5. The largest absolute Gasteiger partial charge is 0.228 e. The van der Waals surface area contributed by atoms with Crippen LogP contribution in [-0.4, -0.2) is 19.2 Å². The maximum Gasteiger partial charge on any atom is 0.228 e. The highest BCUT2D eigenvalue weighted by molar-refractivity contribution is 7.90. The van der Waals surface area contributed by atoms with Gasteiger partial charge in [-0.2, -0.15) is 5.26 Å². The maximum atomic E-state index is 11.8. The van der Waals surface area contributed by atoms with Gasteiger partial charge in [-0.25, -0.2) is 13.1 Å². The molecule has 0 saturated heterocycles. The molecule has 1 saturated carbocycles. The van der Waals surface area contributed by atoms with Crippen LogP contribution in [0, 0.1) is 11.3 Å². The maximum absolute atomic E-state index is 11.8. The van der Waals surface area contributed by atoms with Gasteiger partial charge in [0.05, 0.1) is 6.07 Å². The summed E-state index contributed by atoms with van der Waals surface area (Å²) in [6, 6.07) is 1.83. The van der Waals surface area contributed by atoms with Crippen molar-refractivity contribution in [3.63, 3.8) is 0 Å². The van der Waals surface area contributed by atoms with E-state index in [1.807, 2.05) is 13.0 Å². The second-order valence-corrected chi connectivity index (χ2v) is 6.30. The van der Waals surface area contributed by atoms with E-state index in [-0.39, 0.29) is 5.54 Å². The number of nitrogens with one attached hydrogen (secondary N) is 1. The Kier molecular flexibility index (Phi) is 3.74. The third-order valence-electron chi connectivity index (χ3n) is 2.99. The highest BCUT2D eigenvalue weighted by atomic mass is 32.2. The van der Waals surface area contributed by atoms with E-state index in [1.54, 1.807) is 6.92 Å².